The van der Waals surface area contributed by atoms with Crippen LogP contribution in [0.15, 0.2) is 17.8 Å². The van der Waals surface area contributed by atoms with Crippen molar-refractivity contribution in [2.75, 3.05) is 0 Å². The Balaban J connectivity index is 0.000000659. The number of rotatable bonds is 2. The van der Waals surface area contributed by atoms with Gasteiger partial charge in [0.1, 0.15) is 10.2 Å². The van der Waals surface area contributed by atoms with Crippen LogP contribution in [-0.2, 0) is 0 Å². The number of hydrogen-bond acceptors (Lipinski definition) is 3. The van der Waals surface area contributed by atoms with E-state index >= 15 is 0 Å². The van der Waals surface area contributed by atoms with Gasteiger partial charge in [-0.1, -0.05) is 39.3 Å². The molecule has 0 atom stereocenters. The molecule has 0 spiro atoms. The molecule has 0 saturated heterocycles. The molecular formula is C11H16ClF2N3S. The number of aromatic nitrogens is 3. The molecule has 18 heavy (non-hydrogen) atoms. The van der Waals surface area contributed by atoms with Gasteiger partial charge in [-0.2, -0.15) is 13.9 Å². The molecule has 102 valence electrons. The normalized spacial score (nSPS) is 9.33. The van der Waals surface area contributed by atoms with Crippen molar-refractivity contribution in [1.29, 1.82) is 0 Å². The summed E-state index contributed by atoms with van der Waals surface area (Å²) in [5.74, 6) is 0. The minimum Gasteiger partial charge on any atom is -0.224 e. The predicted octanol–water partition coefficient (Wildman–Crippen LogP) is 5.11. The highest BCUT2D eigenvalue weighted by molar-refractivity contribution is 7.13. The van der Waals surface area contributed by atoms with Crippen molar-refractivity contribution in [3.63, 3.8) is 0 Å². The zero-order valence-electron chi connectivity index (χ0n) is 10.7. The first-order chi connectivity index (χ1) is 8.66. The van der Waals surface area contributed by atoms with Crippen LogP contribution >= 0.6 is 22.9 Å². The lowest BCUT2D eigenvalue weighted by Gasteiger charge is -1.94. The fourth-order valence-electron chi connectivity index (χ4n) is 0.942. The Morgan fingerprint density at radius 1 is 1.28 bits per heavy atom. The number of nitrogens with zero attached hydrogens (tertiary/aromatic N) is 3. The lowest BCUT2D eigenvalue weighted by molar-refractivity contribution is 0.0566. The van der Waals surface area contributed by atoms with Crippen LogP contribution in [0.5, 0.6) is 0 Å². The molecule has 2 rings (SSSR count). The van der Waals surface area contributed by atoms with E-state index < -0.39 is 6.55 Å². The van der Waals surface area contributed by atoms with Gasteiger partial charge in [-0.25, -0.2) is 9.67 Å². The molecule has 0 saturated carbocycles. The van der Waals surface area contributed by atoms with Gasteiger partial charge >= 0.3 is 6.55 Å². The van der Waals surface area contributed by atoms with E-state index in [2.05, 4.69) is 10.1 Å². The second-order valence-electron chi connectivity index (χ2n) is 2.46. The van der Waals surface area contributed by atoms with E-state index in [-0.39, 0.29) is 0 Å². The summed E-state index contributed by atoms with van der Waals surface area (Å²) in [7, 11) is 0. The van der Waals surface area contributed by atoms with Gasteiger partial charge in [0.05, 0.1) is 6.20 Å². The summed E-state index contributed by atoms with van der Waals surface area (Å²) in [4.78, 5) is 3.94. The molecule has 0 fully saturated rings. The van der Waals surface area contributed by atoms with Crippen molar-refractivity contribution < 1.29 is 8.78 Å². The van der Waals surface area contributed by atoms with Crippen molar-refractivity contribution in [1.82, 2.24) is 14.8 Å². The second kappa shape index (κ2) is 8.99. The molecule has 0 aliphatic heterocycles. The molecule has 0 aliphatic carbocycles. The van der Waals surface area contributed by atoms with E-state index in [4.69, 9.17) is 11.6 Å². The molecule has 0 unspecified atom stereocenters. The highest BCUT2D eigenvalue weighted by atomic mass is 35.5. The first-order valence-corrected chi connectivity index (χ1v) is 6.86. The summed E-state index contributed by atoms with van der Waals surface area (Å²) in [5.41, 5.74) is 0.544. The quantitative estimate of drug-likeness (QED) is 0.771. The SMILES string of the molecule is CC.CC.FC(F)n1cc(-c2nc(Cl)cs2)cn1. The average Bonchev–Trinajstić information content (AvgIpc) is 3.02. The number of hydrogen-bond donors (Lipinski definition) is 0. The standard InChI is InChI=1S/C7H4ClF2N3S.2C2H6/c8-5-3-14-6(12-5)4-1-11-13(2-4)7(9)10;2*1-2/h1-3,7H;2*1-2H3. The van der Waals surface area contributed by atoms with Crippen LogP contribution < -0.4 is 0 Å². The topological polar surface area (TPSA) is 30.7 Å². The van der Waals surface area contributed by atoms with E-state index in [1.165, 1.54) is 23.7 Å². The lowest BCUT2D eigenvalue weighted by atomic mass is 10.4. The highest BCUT2D eigenvalue weighted by Gasteiger charge is 2.10. The summed E-state index contributed by atoms with van der Waals surface area (Å²) >= 11 is 6.89. The maximum atomic E-state index is 12.2. The van der Waals surface area contributed by atoms with Crippen LogP contribution in [-0.4, -0.2) is 14.8 Å². The summed E-state index contributed by atoms with van der Waals surface area (Å²) in [5, 5.41) is 6.07. The van der Waals surface area contributed by atoms with E-state index in [1.807, 2.05) is 27.7 Å². The van der Waals surface area contributed by atoms with Crippen LogP contribution in [0.25, 0.3) is 10.6 Å². The Labute approximate surface area is 114 Å². The zero-order chi connectivity index (χ0) is 14.1. The Morgan fingerprint density at radius 3 is 2.28 bits per heavy atom. The third kappa shape index (κ3) is 4.70. The molecule has 2 aromatic heterocycles. The van der Waals surface area contributed by atoms with Crippen molar-refractivity contribution in [2.45, 2.75) is 34.2 Å². The smallest absolute Gasteiger partial charge is 0.224 e. The monoisotopic (exact) mass is 295 g/mol. The van der Waals surface area contributed by atoms with Crippen LogP contribution in [0.1, 0.15) is 34.2 Å². The number of halogens is 3. The van der Waals surface area contributed by atoms with Gasteiger partial charge in [0.15, 0.2) is 0 Å². The van der Waals surface area contributed by atoms with E-state index in [9.17, 15) is 8.78 Å². The average molecular weight is 296 g/mol. The second-order valence-corrected chi connectivity index (χ2v) is 3.71. The molecule has 0 radical (unpaired) electrons. The summed E-state index contributed by atoms with van der Waals surface area (Å²) < 4.78 is 24.9. The minimum absolute atomic E-state index is 0.356. The van der Waals surface area contributed by atoms with E-state index in [0.717, 1.165) is 0 Å². The molecule has 2 aromatic rings. The van der Waals surface area contributed by atoms with Gasteiger partial charge in [-0.3, -0.25) is 0 Å². The van der Waals surface area contributed by atoms with Crippen LogP contribution in [0.4, 0.5) is 8.78 Å². The maximum absolute atomic E-state index is 12.2. The molecule has 0 aliphatic rings. The molecule has 3 nitrogen and oxygen atoms in total. The van der Waals surface area contributed by atoms with Crippen molar-refractivity contribution in [2.24, 2.45) is 0 Å². The summed E-state index contributed by atoms with van der Waals surface area (Å²) in [6, 6.07) is 0. The lowest BCUT2D eigenvalue weighted by Crippen LogP contribution is -1.96. The van der Waals surface area contributed by atoms with Gasteiger partial charge in [-0.05, 0) is 0 Å². The highest BCUT2D eigenvalue weighted by Crippen LogP contribution is 2.26. The third-order valence-electron chi connectivity index (χ3n) is 1.52. The van der Waals surface area contributed by atoms with Crippen molar-refractivity contribution >= 4 is 22.9 Å². The van der Waals surface area contributed by atoms with Crippen LogP contribution in [0.2, 0.25) is 5.15 Å². The fraction of sp³-hybridized carbons (Fsp3) is 0.455. The van der Waals surface area contributed by atoms with Crippen LogP contribution in [0, 0.1) is 0 Å². The van der Waals surface area contributed by atoms with E-state index in [1.54, 1.807) is 5.38 Å². The van der Waals surface area contributed by atoms with Gasteiger partial charge in [0.2, 0.25) is 0 Å². The largest absolute Gasteiger partial charge is 0.333 e. The van der Waals surface area contributed by atoms with Gasteiger partial charge < -0.3 is 0 Å². The van der Waals surface area contributed by atoms with Crippen LogP contribution in [0.3, 0.4) is 0 Å². The van der Waals surface area contributed by atoms with Gasteiger partial charge in [0, 0.05) is 17.1 Å². The number of thiazole rings is 1. The predicted molar refractivity (Wildman–Crippen MR) is 72.3 cm³/mol. The third-order valence-corrected chi connectivity index (χ3v) is 2.74. The maximum Gasteiger partial charge on any atom is 0.333 e. The summed E-state index contributed by atoms with van der Waals surface area (Å²) in [6.45, 7) is 5.37. The van der Waals surface area contributed by atoms with Crippen molar-refractivity contribution in [3.8, 4) is 10.6 Å². The first kappa shape index (κ1) is 17.0. The fourth-order valence-corrected chi connectivity index (χ4v) is 1.86. The zero-order valence-corrected chi connectivity index (χ0v) is 12.3. The first-order valence-electron chi connectivity index (χ1n) is 5.60. The van der Waals surface area contributed by atoms with Gasteiger partial charge in [0.25, 0.3) is 0 Å². The molecule has 0 N–H and O–H groups in total. The Bertz CT molecular complexity index is 443. The molecule has 2 heterocycles. The molecule has 7 heteroatoms. The minimum atomic E-state index is -2.63. The van der Waals surface area contributed by atoms with Gasteiger partial charge in [-0.15, -0.1) is 11.3 Å². The Hall–Kier alpha value is -1.01. The molecular weight excluding hydrogens is 280 g/mol. The Morgan fingerprint density at radius 2 is 1.89 bits per heavy atom. The molecule has 0 bridgehead atoms. The van der Waals surface area contributed by atoms with Crippen molar-refractivity contribution in [3.05, 3.63) is 22.9 Å². The molecule has 0 aromatic carbocycles. The number of alkyl halides is 2. The molecule has 0 amide bonds. The Kier molecular flexibility index (Phi) is 8.49. The summed E-state index contributed by atoms with van der Waals surface area (Å²) in [6.07, 6.45) is 2.57. The van der Waals surface area contributed by atoms with E-state index in [0.29, 0.717) is 20.4 Å².